The number of nitrogens with zero attached hydrogens (tertiary/aromatic N) is 3. The van der Waals surface area contributed by atoms with Gasteiger partial charge in [0.15, 0.2) is 11.7 Å². The van der Waals surface area contributed by atoms with Gasteiger partial charge in [0.05, 0.1) is 17.9 Å². The highest BCUT2D eigenvalue weighted by molar-refractivity contribution is 6.99. The third-order valence-electron chi connectivity index (χ3n) is 3.36. The molecule has 2 aromatic rings. The van der Waals surface area contributed by atoms with Gasteiger partial charge in [-0.1, -0.05) is 24.3 Å². The number of carboxylic acids is 1. The first kappa shape index (κ1) is 12.7. The maximum atomic E-state index is 12.4. The normalized spacial score (nSPS) is 17.6. The molecule has 1 aliphatic rings. The van der Waals surface area contributed by atoms with E-state index in [0.29, 0.717) is 18.5 Å². The third kappa shape index (κ3) is 2.05. The van der Waals surface area contributed by atoms with E-state index in [-0.39, 0.29) is 11.6 Å². The predicted molar refractivity (Wildman–Crippen MR) is 71.5 cm³/mol. The number of benzene rings is 1. The zero-order valence-corrected chi connectivity index (χ0v) is 11.2. The lowest BCUT2D eigenvalue weighted by atomic mass is 9.92. The van der Waals surface area contributed by atoms with E-state index < -0.39 is 12.0 Å². The molecular weight excluding hydrogens is 278 g/mol. The summed E-state index contributed by atoms with van der Waals surface area (Å²) in [7, 11) is 0. The minimum Gasteiger partial charge on any atom is -0.479 e. The van der Waals surface area contributed by atoms with Gasteiger partial charge in [-0.2, -0.15) is 8.75 Å². The van der Waals surface area contributed by atoms with Crippen molar-refractivity contribution in [1.82, 2.24) is 13.6 Å². The number of carbonyl (C=O) groups is 2. The Morgan fingerprint density at radius 2 is 2.15 bits per heavy atom. The largest absolute Gasteiger partial charge is 0.479 e. The van der Waals surface area contributed by atoms with Crippen molar-refractivity contribution >= 4 is 23.6 Å². The van der Waals surface area contributed by atoms with Crippen LogP contribution >= 0.6 is 11.7 Å². The second-order valence-electron chi connectivity index (χ2n) is 4.48. The zero-order valence-electron chi connectivity index (χ0n) is 10.4. The van der Waals surface area contributed by atoms with Crippen LogP contribution in [0.1, 0.15) is 27.7 Å². The van der Waals surface area contributed by atoms with Crippen LogP contribution in [0.4, 0.5) is 0 Å². The number of carboxylic acid groups (broad SMARTS) is 1. The average molecular weight is 289 g/mol. The summed E-state index contributed by atoms with van der Waals surface area (Å²) in [6.45, 7) is 0.365. The molecule has 0 radical (unpaired) electrons. The fourth-order valence-corrected chi connectivity index (χ4v) is 2.86. The van der Waals surface area contributed by atoms with E-state index in [2.05, 4.69) is 8.75 Å². The summed E-state index contributed by atoms with van der Waals surface area (Å²) in [5.74, 6) is -1.42. The van der Waals surface area contributed by atoms with Crippen LogP contribution in [-0.4, -0.2) is 37.2 Å². The van der Waals surface area contributed by atoms with Crippen LogP contribution in [0, 0.1) is 0 Å². The second kappa shape index (κ2) is 5.01. The van der Waals surface area contributed by atoms with E-state index in [0.717, 1.165) is 17.3 Å². The van der Waals surface area contributed by atoms with E-state index in [1.54, 1.807) is 12.1 Å². The number of hydrogen-bond donors (Lipinski definition) is 1. The third-order valence-corrected chi connectivity index (χ3v) is 3.84. The van der Waals surface area contributed by atoms with Crippen molar-refractivity contribution in [3.05, 3.63) is 47.3 Å². The number of fused-ring (bicyclic) bond motifs is 1. The first-order chi connectivity index (χ1) is 9.68. The summed E-state index contributed by atoms with van der Waals surface area (Å²) in [4.78, 5) is 25.3. The lowest BCUT2D eigenvalue weighted by molar-refractivity contribution is -0.143. The van der Waals surface area contributed by atoms with E-state index in [1.165, 1.54) is 11.1 Å². The molecule has 0 saturated heterocycles. The van der Waals surface area contributed by atoms with Gasteiger partial charge < -0.3 is 10.0 Å². The number of hydrogen-bond acceptors (Lipinski definition) is 5. The van der Waals surface area contributed by atoms with Gasteiger partial charge in [0.2, 0.25) is 0 Å². The predicted octanol–water partition coefficient (Wildman–Crippen LogP) is 1.36. The van der Waals surface area contributed by atoms with Crippen molar-refractivity contribution < 1.29 is 14.7 Å². The highest BCUT2D eigenvalue weighted by atomic mass is 32.1. The van der Waals surface area contributed by atoms with Crippen LogP contribution in [0.3, 0.4) is 0 Å². The highest BCUT2D eigenvalue weighted by Gasteiger charge is 2.36. The van der Waals surface area contributed by atoms with Gasteiger partial charge in [0.1, 0.15) is 0 Å². The molecule has 1 N–H and O–H groups in total. The molecule has 1 aromatic heterocycles. The Bertz CT molecular complexity index is 657. The smallest absolute Gasteiger partial charge is 0.331 e. The minimum absolute atomic E-state index is 0.195. The summed E-state index contributed by atoms with van der Waals surface area (Å²) in [6, 6.07) is 6.35. The molecule has 20 heavy (non-hydrogen) atoms. The van der Waals surface area contributed by atoms with Crippen LogP contribution in [0.15, 0.2) is 30.5 Å². The van der Waals surface area contributed by atoms with E-state index in [4.69, 9.17) is 0 Å². The average Bonchev–Trinajstić information content (AvgIpc) is 2.99. The van der Waals surface area contributed by atoms with Crippen molar-refractivity contribution in [2.24, 2.45) is 0 Å². The molecule has 1 aromatic carbocycles. The molecular formula is C13H11N3O3S. The summed E-state index contributed by atoms with van der Waals surface area (Å²) in [6.07, 6.45) is 2.01. The lowest BCUT2D eigenvalue weighted by Gasteiger charge is -2.34. The van der Waals surface area contributed by atoms with Crippen molar-refractivity contribution in [2.75, 3.05) is 6.54 Å². The molecule has 6 nitrogen and oxygen atoms in total. The molecule has 2 heterocycles. The van der Waals surface area contributed by atoms with Crippen molar-refractivity contribution in [1.29, 1.82) is 0 Å². The molecule has 7 heteroatoms. The molecule has 102 valence electrons. The number of rotatable bonds is 2. The second-order valence-corrected chi connectivity index (χ2v) is 5.04. The number of aromatic nitrogens is 2. The Hall–Kier alpha value is -2.28. The maximum absolute atomic E-state index is 12.4. The Balaban J connectivity index is 2.01. The van der Waals surface area contributed by atoms with E-state index in [9.17, 15) is 14.7 Å². The monoisotopic (exact) mass is 289 g/mol. The quantitative estimate of drug-likeness (QED) is 0.902. The van der Waals surface area contributed by atoms with E-state index in [1.807, 2.05) is 12.1 Å². The first-order valence-electron chi connectivity index (χ1n) is 6.07. The molecule has 1 unspecified atom stereocenters. The van der Waals surface area contributed by atoms with Crippen LogP contribution in [0.2, 0.25) is 0 Å². The maximum Gasteiger partial charge on any atom is 0.331 e. The Morgan fingerprint density at radius 3 is 2.85 bits per heavy atom. The molecule has 0 bridgehead atoms. The Morgan fingerprint density at radius 1 is 1.35 bits per heavy atom. The zero-order chi connectivity index (χ0) is 14.1. The topological polar surface area (TPSA) is 83.4 Å². The summed E-state index contributed by atoms with van der Waals surface area (Å²) < 4.78 is 7.68. The molecule has 1 atom stereocenters. The van der Waals surface area contributed by atoms with Gasteiger partial charge in [-0.15, -0.1) is 0 Å². The van der Waals surface area contributed by atoms with Crippen LogP contribution in [0.25, 0.3) is 0 Å². The van der Waals surface area contributed by atoms with Gasteiger partial charge >= 0.3 is 5.97 Å². The summed E-state index contributed by atoms with van der Waals surface area (Å²) >= 11 is 0.932. The molecule has 0 spiro atoms. The Kier molecular flexibility index (Phi) is 3.19. The van der Waals surface area contributed by atoms with Crippen molar-refractivity contribution in [3.63, 3.8) is 0 Å². The SMILES string of the molecule is O=C(O)C1c2ccccc2CCN1C(=O)c1cnsn1. The summed E-state index contributed by atoms with van der Waals surface area (Å²) in [5, 5.41) is 9.47. The molecule has 1 aliphatic heterocycles. The van der Waals surface area contributed by atoms with Gasteiger partial charge in [-0.3, -0.25) is 4.79 Å². The van der Waals surface area contributed by atoms with Crippen molar-refractivity contribution in [3.8, 4) is 0 Å². The molecule has 1 amide bonds. The Labute approximate surface area is 119 Å². The van der Waals surface area contributed by atoms with Gasteiger partial charge in [0, 0.05) is 6.54 Å². The van der Waals surface area contributed by atoms with Gasteiger partial charge in [0.25, 0.3) is 5.91 Å². The fourth-order valence-electron chi connectivity index (χ4n) is 2.46. The lowest BCUT2D eigenvalue weighted by Crippen LogP contribution is -2.43. The highest BCUT2D eigenvalue weighted by Crippen LogP contribution is 2.30. The fraction of sp³-hybridized carbons (Fsp3) is 0.231. The number of aliphatic carboxylic acids is 1. The van der Waals surface area contributed by atoms with Crippen molar-refractivity contribution in [2.45, 2.75) is 12.5 Å². The molecule has 0 aliphatic carbocycles. The number of carbonyl (C=O) groups excluding carboxylic acids is 1. The van der Waals surface area contributed by atoms with E-state index >= 15 is 0 Å². The first-order valence-corrected chi connectivity index (χ1v) is 6.80. The summed E-state index contributed by atoms with van der Waals surface area (Å²) in [5.41, 5.74) is 1.84. The van der Waals surface area contributed by atoms with Crippen LogP contribution in [0.5, 0.6) is 0 Å². The molecule has 0 saturated carbocycles. The standard InChI is InChI=1S/C13H11N3O3S/c17-12(10-7-14-20-15-10)16-6-5-8-3-1-2-4-9(8)11(16)13(18)19/h1-4,7,11H,5-6H2,(H,18,19). The number of amides is 1. The van der Waals surface area contributed by atoms with Gasteiger partial charge in [-0.05, 0) is 17.5 Å². The molecule has 3 rings (SSSR count). The molecule has 0 fully saturated rings. The minimum atomic E-state index is -1.03. The van der Waals surface area contributed by atoms with Gasteiger partial charge in [-0.25, -0.2) is 4.79 Å². The van der Waals surface area contributed by atoms with Crippen LogP contribution in [-0.2, 0) is 11.2 Å². The van der Waals surface area contributed by atoms with Crippen LogP contribution < -0.4 is 0 Å².